The van der Waals surface area contributed by atoms with Crippen LogP contribution in [0.3, 0.4) is 0 Å². The first-order valence-corrected chi connectivity index (χ1v) is 8.64. The number of anilines is 1. The van der Waals surface area contributed by atoms with E-state index in [0.29, 0.717) is 12.3 Å². The highest BCUT2D eigenvalue weighted by atomic mass is 35.5. The number of amides is 1. The molecule has 5 nitrogen and oxygen atoms in total. The minimum absolute atomic E-state index is 0. The van der Waals surface area contributed by atoms with Gasteiger partial charge in [0.1, 0.15) is 11.9 Å². The van der Waals surface area contributed by atoms with Crippen LogP contribution in [0.25, 0.3) is 0 Å². The molecule has 0 aliphatic carbocycles. The Kier molecular flexibility index (Phi) is 9.57. The summed E-state index contributed by atoms with van der Waals surface area (Å²) in [5.41, 5.74) is 0.704. The first-order chi connectivity index (χ1) is 11.2. The number of halogens is 1. The number of carbonyl (C=O) groups excluding carboxylic acids is 1. The molecule has 1 aromatic rings. The van der Waals surface area contributed by atoms with Crippen LogP contribution in [0.1, 0.15) is 39.5 Å². The number of piperidine rings is 1. The van der Waals surface area contributed by atoms with Crippen molar-refractivity contribution in [1.29, 1.82) is 0 Å². The minimum Gasteiger partial charge on any atom is -0.494 e. The zero-order valence-electron chi connectivity index (χ0n) is 14.6. The first-order valence-electron chi connectivity index (χ1n) is 8.64. The number of nitrogens with zero attached hydrogens (tertiary/aromatic N) is 1. The van der Waals surface area contributed by atoms with E-state index in [0.717, 1.165) is 51.1 Å². The Hall–Kier alpha value is -1.46. The first kappa shape index (κ1) is 20.6. The summed E-state index contributed by atoms with van der Waals surface area (Å²) in [4.78, 5) is 14.4. The third-order valence-electron chi connectivity index (χ3n) is 4.10. The number of ether oxygens (including phenoxy) is 2. The van der Waals surface area contributed by atoms with E-state index in [4.69, 9.17) is 9.47 Å². The Morgan fingerprint density at radius 3 is 2.71 bits per heavy atom. The molecule has 0 saturated carbocycles. The molecule has 1 N–H and O–H groups in total. The van der Waals surface area contributed by atoms with E-state index >= 15 is 0 Å². The molecule has 24 heavy (non-hydrogen) atoms. The summed E-state index contributed by atoms with van der Waals surface area (Å²) in [6.07, 6.45) is 3.56. The minimum atomic E-state index is -0.384. The van der Waals surface area contributed by atoms with Crippen LogP contribution >= 0.6 is 12.4 Å². The van der Waals surface area contributed by atoms with Gasteiger partial charge in [0.15, 0.2) is 0 Å². The zero-order chi connectivity index (χ0) is 16.5. The Labute approximate surface area is 151 Å². The maximum absolute atomic E-state index is 12.0. The molecule has 1 saturated heterocycles. The van der Waals surface area contributed by atoms with Crippen LogP contribution in [-0.4, -0.2) is 43.3 Å². The molecule has 1 fully saturated rings. The lowest BCUT2D eigenvalue weighted by molar-refractivity contribution is 0.0606. The highest BCUT2D eigenvalue weighted by molar-refractivity contribution is 5.85. The number of unbranched alkanes of at least 4 members (excludes halogenated alkanes) is 1. The van der Waals surface area contributed by atoms with Gasteiger partial charge < -0.3 is 14.4 Å². The average Bonchev–Trinajstić information content (AvgIpc) is 2.56. The van der Waals surface area contributed by atoms with E-state index in [9.17, 15) is 4.79 Å². The average molecular weight is 357 g/mol. The van der Waals surface area contributed by atoms with Crippen molar-refractivity contribution in [3.63, 3.8) is 0 Å². The van der Waals surface area contributed by atoms with E-state index in [-0.39, 0.29) is 24.6 Å². The summed E-state index contributed by atoms with van der Waals surface area (Å²) in [6, 6.07) is 7.44. The van der Waals surface area contributed by atoms with E-state index in [2.05, 4.69) is 24.1 Å². The van der Waals surface area contributed by atoms with Crippen molar-refractivity contribution in [2.24, 2.45) is 0 Å². The molecule has 2 rings (SSSR count). The summed E-state index contributed by atoms with van der Waals surface area (Å²) in [5.74, 6) is 0.771. The summed E-state index contributed by atoms with van der Waals surface area (Å²) >= 11 is 0. The second-order valence-electron chi connectivity index (χ2n) is 5.89. The van der Waals surface area contributed by atoms with Gasteiger partial charge >= 0.3 is 6.09 Å². The van der Waals surface area contributed by atoms with Crippen LogP contribution < -0.4 is 10.1 Å². The van der Waals surface area contributed by atoms with E-state index in [1.54, 1.807) is 0 Å². The van der Waals surface area contributed by atoms with Gasteiger partial charge in [-0.25, -0.2) is 4.79 Å². The van der Waals surface area contributed by atoms with Gasteiger partial charge in [-0.1, -0.05) is 26.3 Å². The van der Waals surface area contributed by atoms with Gasteiger partial charge in [0.25, 0.3) is 0 Å². The van der Waals surface area contributed by atoms with Gasteiger partial charge in [-0.15, -0.1) is 12.4 Å². The molecule has 0 unspecified atom stereocenters. The molecule has 6 heteroatoms. The molecule has 0 bridgehead atoms. The third-order valence-corrected chi connectivity index (χ3v) is 4.10. The van der Waals surface area contributed by atoms with E-state index < -0.39 is 0 Å². The number of hydrogen-bond donors (Lipinski definition) is 1. The molecule has 0 spiro atoms. The zero-order valence-corrected chi connectivity index (χ0v) is 15.4. The normalized spacial score (nSPS) is 15.4. The maximum Gasteiger partial charge on any atom is 0.411 e. The van der Waals surface area contributed by atoms with Gasteiger partial charge in [0, 0.05) is 24.8 Å². The van der Waals surface area contributed by atoms with Gasteiger partial charge in [-0.3, -0.25) is 5.32 Å². The van der Waals surface area contributed by atoms with Crippen molar-refractivity contribution >= 4 is 24.2 Å². The van der Waals surface area contributed by atoms with Crippen molar-refractivity contribution in [2.75, 3.05) is 31.6 Å². The Morgan fingerprint density at radius 1 is 1.29 bits per heavy atom. The van der Waals surface area contributed by atoms with Gasteiger partial charge in [-0.05, 0) is 37.9 Å². The molecule has 1 amide bonds. The molecule has 136 valence electrons. The highest BCUT2D eigenvalue weighted by Crippen LogP contribution is 2.19. The Morgan fingerprint density at radius 2 is 2.04 bits per heavy atom. The summed E-state index contributed by atoms with van der Waals surface area (Å²) in [6.45, 7) is 8.03. The van der Waals surface area contributed by atoms with Gasteiger partial charge in [0.05, 0.1) is 6.61 Å². The lowest BCUT2D eigenvalue weighted by atomic mass is 10.1. The van der Waals surface area contributed by atoms with Crippen molar-refractivity contribution in [2.45, 2.75) is 45.6 Å². The topological polar surface area (TPSA) is 50.8 Å². The molecule has 1 aliphatic heterocycles. The molecule has 0 radical (unpaired) electrons. The van der Waals surface area contributed by atoms with Crippen LogP contribution in [0, 0.1) is 0 Å². The Bertz CT molecular complexity index is 491. The predicted octanol–water partition coefficient (Wildman–Crippen LogP) is 4.32. The molecular formula is C18H29ClN2O3. The van der Waals surface area contributed by atoms with Crippen molar-refractivity contribution < 1.29 is 14.3 Å². The van der Waals surface area contributed by atoms with E-state index in [1.165, 1.54) is 0 Å². The second kappa shape index (κ2) is 11.2. The number of carbonyl (C=O) groups is 1. The lowest BCUT2D eigenvalue weighted by Gasteiger charge is -2.30. The van der Waals surface area contributed by atoms with Crippen LogP contribution in [-0.2, 0) is 4.74 Å². The number of hydrogen-bond acceptors (Lipinski definition) is 4. The van der Waals surface area contributed by atoms with Crippen molar-refractivity contribution in [1.82, 2.24) is 4.90 Å². The second-order valence-corrected chi connectivity index (χ2v) is 5.89. The fourth-order valence-corrected chi connectivity index (χ4v) is 2.64. The highest BCUT2D eigenvalue weighted by Gasteiger charge is 2.21. The molecule has 1 aliphatic rings. The molecule has 0 atom stereocenters. The molecule has 1 aromatic carbocycles. The fourth-order valence-electron chi connectivity index (χ4n) is 2.64. The number of rotatable bonds is 7. The summed E-state index contributed by atoms with van der Waals surface area (Å²) in [5, 5.41) is 2.79. The largest absolute Gasteiger partial charge is 0.494 e. The molecule has 0 aromatic heterocycles. The third kappa shape index (κ3) is 6.97. The lowest BCUT2D eigenvalue weighted by Crippen LogP contribution is -2.38. The van der Waals surface area contributed by atoms with Gasteiger partial charge in [0.2, 0.25) is 0 Å². The number of likely N-dealkylation sites (tertiary alicyclic amines) is 1. The molecular weight excluding hydrogens is 328 g/mol. The van der Waals surface area contributed by atoms with Gasteiger partial charge in [-0.2, -0.15) is 0 Å². The van der Waals surface area contributed by atoms with Crippen LogP contribution in [0.4, 0.5) is 10.5 Å². The van der Waals surface area contributed by atoms with Crippen LogP contribution in [0.2, 0.25) is 0 Å². The number of nitrogens with one attached hydrogen (secondary N) is 1. The summed E-state index contributed by atoms with van der Waals surface area (Å²) < 4.78 is 11.2. The number of benzene rings is 1. The monoisotopic (exact) mass is 356 g/mol. The van der Waals surface area contributed by atoms with Crippen LogP contribution in [0.15, 0.2) is 24.3 Å². The van der Waals surface area contributed by atoms with E-state index in [1.807, 2.05) is 24.3 Å². The Balaban J connectivity index is 0.00000288. The summed E-state index contributed by atoms with van der Waals surface area (Å²) in [7, 11) is 0. The fraction of sp³-hybridized carbons (Fsp3) is 0.611. The quantitative estimate of drug-likeness (QED) is 0.739. The standard InChI is InChI=1S/C18H28N2O3.ClH/c1-3-5-13-22-17-8-6-7-15(14-17)19-18(21)23-16-9-11-20(4-2)12-10-16;/h6-8,14,16H,3-5,9-13H2,1-2H3,(H,19,21);1H. The van der Waals surface area contributed by atoms with Crippen LogP contribution in [0.5, 0.6) is 5.75 Å². The maximum atomic E-state index is 12.0. The van der Waals surface area contributed by atoms with Crippen molar-refractivity contribution in [3.8, 4) is 5.75 Å². The smallest absolute Gasteiger partial charge is 0.411 e. The predicted molar refractivity (Wildman–Crippen MR) is 99.3 cm³/mol. The SMILES string of the molecule is CCCCOc1cccc(NC(=O)OC2CCN(CC)CC2)c1.Cl. The molecule has 1 heterocycles. The van der Waals surface area contributed by atoms with Crippen molar-refractivity contribution in [3.05, 3.63) is 24.3 Å².